The first-order valence-corrected chi connectivity index (χ1v) is 7.67. The van der Waals surface area contributed by atoms with Gasteiger partial charge >= 0.3 is 0 Å². The van der Waals surface area contributed by atoms with E-state index in [1.165, 1.54) is 11.1 Å². The van der Waals surface area contributed by atoms with E-state index in [1.54, 1.807) is 0 Å². The van der Waals surface area contributed by atoms with E-state index in [2.05, 4.69) is 48.0 Å². The Labute approximate surface area is 130 Å². The van der Waals surface area contributed by atoms with Gasteiger partial charge in [-0.15, -0.1) is 0 Å². The van der Waals surface area contributed by atoms with Crippen molar-refractivity contribution in [2.75, 3.05) is 41.3 Å². The minimum Gasteiger partial charge on any atom is -0.349 e. The SMILES string of the molecule is CCN(CC)Cc1ccc(CN=C(N(C)C)N(C)C)cc1. The maximum atomic E-state index is 4.67. The van der Waals surface area contributed by atoms with Gasteiger partial charge < -0.3 is 9.80 Å². The molecule has 0 unspecified atom stereocenters. The number of nitrogens with zero attached hydrogens (tertiary/aromatic N) is 4. The van der Waals surface area contributed by atoms with E-state index in [0.717, 1.165) is 32.1 Å². The first kappa shape index (κ1) is 17.5. The molecule has 0 aromatic heterocycles. The molecule has 0 saturated heterocycles. The van der Waals surface area contributed by atoms with Crippen LogP contribution in [0.2, 0.25) is 0 Å². The minimum absolute atomic E-state index is 0.719. The second-order valence-corrected chi connectivity index (χ2v) is 5.68. The number of aliphatic imine (C=N–C) groups is 1. The van der Waals surface area contributed by atoms with Crippen molar-refractivity contribution in [3.8, 4) is 0 Å². The number of benzene rings is 1. The number of hydrogen-bond acceptors (Lipinski definition) is 2. The summed E-state index contributed by atoms with van der Waals surface area (Å²) in [6.07, 6.45) is 0. The first-order valence-electron chi connectivity index (χ1n) is 7.67. The van der Waals surface area contributed by atoms with Gasteiger partial charge in [0, 0.05) is 34.7 Å². The van der Waals surface area contributed by atoms with Gasteiger partial charge in [-0.05, 0) is 24.2 Å². The van der Waals surface area contributed by atoms with Crippen LogP contribution in [0.25, 0.3) is 0 Å². The molecular weight excluding hydrogens is 260 g/mol. The molecule has 0 atom stereocenters. The number of hydrogen-bond donors (Lipinski definition) is 0. The highest BCUT2D eigenvalue weighted by atomic mass is 15.3. The second-order valence-electron chi connectivity index (χ2n) is 5.68. The third kappa shape index (κ3) is 5.76. The van der Waals surface area contributed by atoms with Crippen LogP contribution in [0.3, 0.4) is 0 Å². The zero-order valence-corrected chi connectivity index (χ0v) is 14.4. The summed E-state index contributed by atoms with van der Waals surface area (Å²) in [6, 6.07) is 8.80. The van der Waals surface area contributed by atoms with Crippen molar-refractivity contribution in [3.05, 3.63) is 35.4 Å². The lowest BCUT2D eigenvalue weighted by atomic mass is 10.1. The van der Waals surface area contributed by atoms with Crippen molar-refractivity contribution in [1.29, 1.82) is 0 Å². The van der Waals surface area contributed by atoms with Gasteiger partial charge in [-0.2, -0.15) is 0 Å². The van der Waals surface area contributed by atoms with E-state index in [-0.39, 0.29) is 0 Å². The molecular formula is C17H30N4. The highest BCUT2D eigenvalue weighted by Gasteiger charge is 2.04. The van der Waals surface area contributed by atoms with Gasteiger partial charge in [0.25, 0.3) is 0 Å². The largest absolute Gasteiger partial charge is 0.349 e. The molecule has 1 rings (SSSR count). The third-order valence-corrected chi connectivity index (χ3v) is 3.53. The van der Waals surface area contributed by atoms with Crippen molar-refractivity contribution in [3.63, 3.8) is 0 Å². The zero-order chi connectivity index (χ0) is 15.8. The van der Waals surface area contributed by atoms with Gasteiger partial charge in [0.15, 0.2) is 5.96 Å². The normalized spacial score (nSPS) is 10.6. The van der Waals surface area contributed by atoms with Crippen LogP contribution in [-0.2, 0) is 13.1 Å². The minimum atomic E-state index is 0.719. The fourth-order valence-corrected chi connectivity index (χ4v) is 2.30. The molecule has 0 amide bonds. The predicted octanol–water partition coefficient (Wildman–Crippen LogP) is 2.51. The average molecular weight is 290 g/mol. The summed E-state index contributed by atoms with van der Waals surface area (Å²) in [5.74, 6) is 0.988. The first-order chi connectivity index (χ1) is 9.97. The summed E-state index contributed by atoms with van der Waals surface area (Å²) in [5, 5.41) is 0. The smallest absolute Gasteiger partial charge is 0.195 e. The lowest BCUT2D eigenvalue weighted by Crippen LogP contribution is -2.35. The summed E-state index contributed by atoms with van der Waals surface area (Å²) < 4.78 is 0. The third-order valence-electron chi connectivity index (χ3n) is 3.53. The van der Waals surface area contributed by atoms with Crippen LogP contribution in [0, 0.1) is 0 Å². The summed E-state index contributed by atoms with van der Waals surface area (Å²) in [4.78, 5) is 11.2. The van der Waals surface area contributed by atoms with Crippen LogP contribution in [0.4, 0.5) is 0 Å². The summed E-state index contributed by atoms with van der Waals surface area (Å²) >= 11 is 0. The molecule has 0 radical (unpaired) electrons. The molecule has 0 fully saturated rings. The van der Waals surface area contributed by atoms with E-state index in [4.69, 9.17) is 0 Å². The summed E-state index contributed by atoms with van der Waals surface area (Å²) in [6.45, 7) is 8.34. The second kappa shape index (κ2) is 8.67. The molecule has 0 aliphatic heterocycles. The molecule has 0 saturated carbocycles. The van der Waals surface area contributed by atoms with Crippen LogP contribution in [0.15, 0.2) is 29.3 Å². The Bertz CT molecular complexity index is 421. The Morgan fingerprint density at radius 2 is 1.33 bits per heavy atom. The topological polar surface area (TPSA) is 22.1 Å². The van der Waals surface area contributed by atoms with Gasteiger partial charge in [0.1, 0.15) is 0 Å². The molecule has 0 N–H and O–H groups in total. The highest BCUT2D eigenvalue weighted by Crippen LogP contribution is 2.09. The van der Waals surface area contributed by atoms with Gasteiger partial charge in [-0.3, -0.25) is 4.90 Å². The molecule has 0 spiro atoms. The number of rotatable bonds is 6. The van der Waals surface area contributed by atoms with Crippen LogP contribution < -0.4 is 0 Å². The van der Waals surface area contributed by atoms with Gasteiger partial charge in [-0.25, -0.2) is 4.99 Å². The maximum Gasteiger partial charge on any atom is 0.195 e. The van der Waals surface area contributed by atoms with Gasteiger partial charge in [0.05, 0.1) is 6.54 Å². The Balaban J connectivity index is 2.68. The van der Waals surface area contributed by atoms with E-state index >= 15 is 0 Å². The molecule has 4 nitrogen and oxygen atoms in total. The molecule has 4 heteroatoms. The van der Waals surface area contributed by atoms with Crippen LogP contribution >= 0.6 is 0 Å². The zero-order valence-electron chi connectivity index (χ0n) is 14.4. The van der Waals surface area contributed by atoms with E-state index in [1.807, 2.05) is 38.0 Å². The van der Waals surface area contributed by atoms with Crippen LogP contribution in [0.5, 0.6) is 0 Å². The molecule has 0 heterocycles. The molecule has 0 bridgehead atoms. The van der Waals surface area contributed by atoms with Gasteiger partial charge in [-0.1, -0.05) is 38.1 Å². The summed E-state index contributed by atoms with van der Waals surface area (Å²) in [5.41, 5.74) is 2.62. The number of guanidine groups is 1. The van der Waals surface area contributed by atoms with Crippen molar-refractivity contribution in [2.24, 2.45) is 4.99 Å². The Kier molecular flexibility index (Phi) is 7.23. The highest BCUT2D eigenvalue weighted by molar-refractivity contribution is 5.79. The van der Waals surface area contributed by atoms with Crippen molar-refractivity contribution in [1.82, 2.24) is 14.7 Å². The maximum absolute atomic E-state index is 4.67. The summed E-state index contributed by atoms with van der Waals surface area (Å²) in [7, 11) is 8.08. The lowest BCUT2D eigenvalue weighted by Gasteiger charge is -2.22. The molecule has 0 aliphatic carbocycles. The van der Waals surface area contributed by atoms with Crippen molar-refractivity contribution in [2.45, 2.75) is 26.9 Å². The Hall–Kier alpha value is -1.55. The molecule has 118 valence electrons. The van der Waals surface area contributed by atoms with Crippen molar-refractivity contribution >= 4 is 5.96 Å². The Morgan fingerprint density at radius 3 is 1.76 bits per heavy atom. The van der Waals surface area contributed by atoms with E-state index in [9.17, 15) is 0 Å². The molecule has 1 aromatic rings. The average Bonchev–Trinajstić information content (AvgIpc) is 2.45. The van der Waals surface area contributed by atoms with E-state index in [0.29, 0.717) is 0 Å². The van der Waals surface area contributed by atoms with E-state index < -0.39 is 0 Å². The molecule has 21 heavy (non-hydrogen) atoms. The van der Waals surface area contributed by atoms with Gasteiger partial charge in [0.2, 0.25) is 0 Å². The Morgan fingerprint density at radius 1 is 0.857 bits per heavy atom. The molecule has 1 aromatic carbocycles. The fraction of sp³-hybridized carbons (Fsp3) is 0.588. The predicted molar refractivity (Wildman–Crippen MR) is 91.6 cm³/mol. The van der Waals surface area contributed by atoms with Crippen LogP contribution in [0.1, 0.15) is 25.0 Å². The standard InChI is InChI=1S/C17H30N4/c1-7-21(8-2)14-16-11-9-15(10-12-16)13-18-17(19(3)4)20(5)6/h9-12H,7-8,13-14H2,1-6H3. The van der Waals surface area contributed by atoms with Crippen LogP contribution in [-0.4, -0.2) is 61.9 Å². The quantitative estimate of drug-likeness (QED) is 0.594. The van der Waals surface area contributed by atoms with Crippen molar-refractivity contribution < 1.29 is 0 Å². The fourth-order valence-electron chi connectivity index (χ4n) is 2.30. The monoisotopic (exact) mass is 290 g/mol. The molecule has 0 aliphatic rings. The lowest BCUT2D eigenvalue weighted by molar-refractivity contribution is 0.296.